The molecule has 0 aliphatic heterocycles. The molecule has 1 unspecified atom stereocenters. The molecule has 0 aromatic rings. The first-order chi connectivity index (χ1) is 9.81. The van der Waals surface area contributed by atoms with E-state index in [9.17, 15) is 14.4 Å². The van der Waals surface area contributed by atoms with Crippen LogP contribution in [0, 0.1) is 11.8 Å². The van der Waals surface area contributed by atoms with Crippen LogP contribution in [0.15, 0.2) is 0 Å². The predicted octanol–water partition coefficient (Wildman–Crippen LogP) is 0.653. The second-order valence-electron chi connectivity index (χ2n) is 5.86. The molecule has 0 bridgehead atoms. The van der Waals surface area contributed by atoms with Gasteiger partial charge in [0.15, 0.2) is 0 Å². The Bertz CT molecular complexity index is 390. The van der Waals surface area contributed by atoms with Crippen LogP contribution in [-0.4, -0.2) is 54.6 Å². The van der Waals surface area contributed by atoms with Crippen LogP contribution in [0.2, 0.25) is 0 Å². The molecule has 1 aliphatic carbocycles. The van der Waals surface area contributed by atoms with E-state index in [1.165, 1.54) is 4.90 Å². The van der Waals surface area contributed by atoms with Gasteiger partial charge in [-0.05, 0) is 38.5 Å². The minimum atomic E-state index is -0.727. The number of carbonyl (C=O) groups is 3. The van der Waals surface area contributed by atoms with E-state index in [0.29, 0.717) is 25.3 Å². The van der Waals surface area contributed by atoms with Gasteiger partial charge in [0.2, 0.25) is 5.91 Å². The van der Waals surface area contributed by atoms with Crippen LogP contribution >= 0.6 is 0 Å². The lowest BCUT2D eigenvalue weighted by Gasteiger charge is -2.26. The van der Waals surface area contributed by atoms with Crippen molar-refractivity contribution < 1.29 is 19.5 Å². The van der Waals surface area contributed by atoms with Gasteiger partial charge in [0.1, 0.15) is 6.04 Å². The van der Waals surface area contributed by atoms with E-state index in [2.05, 4.69) is 10.6 Å². The van der Waals surface area contributed by atoms with E-state index in [0.717, 1.165) is 12.8 Å². The zero-order valence-corrected chi connectivity index (χ0v) is 12.9. The molecule has 0 spiro atoms. The summed E-state index contributed by atoms with van der Waals surface area (Å²) in [4.78, 5) is 35.6. The first kappa shape index (κ1) is 17.3. The molecule has 1 aliphatic rings. The highest BCUT2D eigenvalue weighted by Crippen LogP contribution is 2.28. The third-order valence-electron chi connectivity index (χ3n) is 3.91. The Morgan fingerprint density at radius 1 is 1.19 bits per heavy atom. The number of carboxylic acid groups (broad SMARTS) is 1. The van der Waals surface area contributed by atoms with Crippen molar-refractivity contribution in [3.8, 4) is 0 Å². The van der Waals surface area contributed by atoms with Crippen LogP contribution in [0.25, 0.3) is 0 Å². The molecule has 1 saturated carbocycles. The van der Waals surface area contributed by atoms with Crippen LogP contribution in [0.4, 0.5) is 4.79 Å². The molecule has 1 rings (SSSR count). The van der Waals surface area contributed by atoms with Crippen LogP contribution in [0.3, 0.4) is 0 Å². The number of amides is 3. The van der Waals surface area contributed by atoms with E-state index < -0.39 is 12.0 Å². The Morgan fingerprint density at radius 3 is 2.24 bits per heavy atom. The van der Waals surface area contributed by atoms with Gasteiger partial charge in [-0.15, -0.1) is 0 Å². The molecule has 0 radical (unpaired) electrons. The molecule has 1 fully saturated rings. The molecule has 0 aromatic heterocycles. The Labute approximate surface area is 125 Å². The average Bonchev–Trinajstić information content (AvgIpc) is 2.44. The second kappa shape index (κ2) is 7.85. The number of nitrogens with one attached hydrogen (secondary N) is 2. The molecule has 0 saturated heterocycles. The second-order valence-corrected chi connectivity index (χ2v) is 5.86. The molecule has 7 nitrogen and oxygen atoms in total. The maximum Gasteiger partial charge on any atom is 0.315 e. The molecule has 3 N–H and O–H groups in total. The third kappa shape index (κ3) is 5.61. The van der Waals surface area contributed by atoms with Crippen molar-refractivity contribution in [2.75, 3.05) is 20.6 Å². The van der Waals surface area contributed by atoms with E-state index in [1.54, 1.807) is 21.0 Å². The van der Waals surface area contributed by atoms with Gasteiger partial charge in [0, 0.05) is 20.6 Å². The summed E-state index contributed by atoms with van der Waals surface area (Å²) in [5.74, 6) is -0.818. The lowest BCUT2D eigenvalue weighted by atomic mass is 9.82. The largest absolute Gasteiger partial charge is 0.481 e. The molecule has 1 atom stereocenters. The highest BCUT2D eigenvalue weighted by molar-refractivity contribution is 5.86. The van der Waals surface area contributed by atoms with Crippen molar-refractivity contribution in [2.45, 2.75) is 38.6 Å². The summed E-state index contributed by atoms with van der Waals surface area (Å²) in [6.07, 6.45) is 2.95. The first-order valence-electron chi connectivity index (χ1n) is 7.29. The SMILES string of the molecule is CC(NC(=O)NCC1CCC(C(=O)O)CC1)C(=O)N(C)C. The van der Waals surface area contributed by atoms with Crippen LogP contribution in [-0.2, 0) is 9.59 Å². The molecule has 21 heavy (non-hydrogen) atoms. The third-order valence-corrected chi connectivity index (χ3v) is 3.91. The van der Waals surface area contributed by atoms with E-state index in [1.807, 2.05) is 0 Å². The number of carboxylic acids is 1. The zero-order chi connectivity index (χ0) is 16.0. The van der Waals surface area contributed by atoms with Crippen molar-refractivity contribution in [2.24, 2.45) is 11.8 Å². The topological polar surface area (TPSA) is 98.7 Å². The standard InChI is InChI=1S/C14H25N3O4/c1-9(12(18)17(2)3)16-14(21)15-8-10-4-6-11(7-5-10)13(19)20/h9-11H,4-8H2,1-3H3,(H,19,20)(H2,15,16,21). The summed E-state index contributed by atoms with van der Waals surface area (Å²) >= 11 is 0. The van der Waals surface area contributed by atoms with Crippen molar-refractivity contribution in [3.63, 3.8) is 0 Å². The minimum absolute atomic E-state index is 0.160. The summed E-state index contributed by atoms with van der Waals surface area (Å²) in [5.41, 5.74) is 0. The smallest absolute Gasteiger partial charge is 0.315 e. The van der Waals surface area contributed by atoms with Crippen LogP contribution in [0.5, 0.6) is 0 Å². The van der Waals surface area contributed by atoms with Gasteiger partial charge in [-0.25, -0.2) is 4.79 Å². The number of hydrogen-bond donors (Lipinski definition) is 3. The quantitative estimate of drug-likeness (QED) is 0.694. The molecule has 3 amide bonds. The monoisotopic (exact) mass is 299 g/mol. The molecule has 7 heteroatoms. The predicted molar refractivity (Wildman–Crippen MR) is 77.8 cm³/mol. The van der Waals surface area contributed by atoms with Crippen molar-refractivity contribution in [1.29, 1.82) is 0 Å². The highest BCUT2D eigenvalue weighted by atomic mass is 16.4. The maximum atomic E-state index is 11.7. The number of rotatable bonds is 5. The number of urea groups is 1. The number of likely N-dealkylation sites (N-methyl/N-ethyl adjacent to an activating group) is 1. The van der Waals surface area contributed by atoms with Gasteiger partial charge in [-0.2, -0.15) is 0 Å². The number of aliphatic carboxylic acids is 1. The fourth-order valence-corrected chi connectivity index (χ4v) is 2.55. The maximum absolute atomic E-state index is 11.7. The Kier molecular flexibility index (Phi) is 6.45. The first-order valence-corrected chi connectivity index (χ1v) is 7.29. The molecule has 120 valence electrons. The van der Waals surface area contributed by atoms with Gasteiger partial charge in [0.25, 0.3) is 0 Å². The number of nitrogens with zero attached hydrogens (tertiary/aromatic N) is 1. The Morgan fingerprint density at radius 2 is 1.76 bits per heavy atom. The summed E-state index contributed by atoms with van der Waals surface area (Å²) in [7, 11) is 3.28. The molecular weight excluding hydrogens is 274 g/mol. The minimum Gasteiger partial charge on any atom is -0.481 e. The Balaban J connectivity index is 2.25. The van der Waals surface area contributed by atoms with E-state index >= 15 is 0 Å². The van der Waals surface area contributed by atoms with Crippen molar-refractivity contribution in [1.82, 2.24) is 15.5 Å². The summed E-state index contributed by atoms with van der Waals surface area (Å²) in [6, 6.07) is -0.930. The zero-order valence-electron chi connectivity index (χ0n) is 12.9. The lowest BCUT2D eigenvalue weighted by molar-refractivity contribution is -0.143. The number of carbonyl (C=O) groups excluding carboxylic acids is 2. The van der Waals surface area contributed by atoms with Gasteiger partial charge < -0.3 is 20.6 Å². The lowest BCUT2D eigenvalue weighted by Crippen LogP contribution is -2.49. The van der Waals surface area contributed by atoms with Crippen LogP contribution < -0.4 is 10.6 Å². The molecular formula is C14H25N3O4. The normalized spacial score (nSPS) is 23.0. The Hall–Kier alpha value is -1.79. The fraction of sp³-hybridized carbons (Fsp3) is 0.786. The fourth-order valence-electron chi connectivity index (χ4n) is 2.55. The van der Waals surface area contributed by atoms with Crippen LogP contribution in [0.1, 0.15) is 32.6 Å². The summed E-state index contributed by atoms with van der Waals surface area (Å²) < 4.78 is 0. The summed E-state index contributed by atoms with van der Waals surface area (Å²) in [5, 5.41) is 14.3. The van der Waals surface area contributed by atoms with Gasteiger partial charge >= 0.3 is 12.0 Å². The average molecular weight is 299 g/mol. The van der Waals surface area contributed by atoms with E-state index in [-0.39, 0.29) is 17.9 Å². The molecule has 0 heterocycles. The number of hydrogen-bond acceptors (Lipinski definition) is 3. The van der Waals surface area contributed by atoms with Crippen molar-refractivity contribution >= 4 is 17.9 Å². The highest BCUT2D eigenvalue weighted by Gasteiger charge is 2.26. The van der Waals surface area contributed by atoms with Gasteiger partial charge in [-0.1, -0.05) is 0 Å². The van der Waals surface area contributed by atoms with E-state index in [4.69, 9.17) is 5.11 Å². The van der Waals surface area contributed by atoms with Gasteiger partial charge in [-0.3, -0.25) is 9.59 Å². The molecule has 0 aromatic carbocycles. The van der Waals surface area contributed by atoms with Gasteiger partial charge in [0.05, 0.1) is 5.92 Å². The summed E-state index contributed by atoms with van der Waals surface area (Å²) in [6.45, 7) is 2.15. The van der Waals surface area contributed by atoms with Crippen molar-refractivity contribution in [3.05, 3.63) is 0 Å².